The van der Waals surface area contributed by atoms with Crippen LogP contribution in [0.5, 0.6) is 11.5 Å². The van der Waals surface area contributed by atoms with Crippen LogP contribution in [0.15, 0.2) is 104 Å². The maximum atomic E-state index is 12.2. The molecule has 0 spiro atoms. The number of aliphatic hydroxyl groups is 1. The standard InChI is InChI=1S/C42H43N13O5S/c1-26(2)54-24-48-35-39(50-37(52-41(35)54)29-5-3-15-44-21-29)47-18-14-28-9-12-34(60-61(43,58)59)31(19-28)20-32(23-56)55-25-49-36-40(46-17-13-27-7-10-33(57)11-8-27)51-38(53-42(36)55)30-6-4-16-45-22-30/h3-12,15-16,19,21-22,24-26,32,56-57H,13-14,17-18,20,23H2,1-2H3,(H2,43,58,59)(H,46,51,53)(H,47,50,52). The van der Waals surface area contributed by atoms with Crippen LogP contribution in [0.4, 0.5) is 11.6 Å². The van der Waals surface area contributed by atoms with Crippen LogP contribution < -0.4 is 20.0 Å². The molecule has 0 saturated heterocycles. The summed E-state index contributed by atoms with van der Waals surface area (Å²) in [5.41, 5.74) is 6.03. The topological polar surface area (TPSA) is 247 Å². The fourth-order valence-electron chi connectivity index (χ4n) is 6.95. The SMILES string of the molecule is CC(C)n1cnc2c(NCCc3ccc(OS(N)(=O)=O)c(CC(CO)n4cnc5c(NCCc6ccc(O)cc6)nc(-c6cccnc6)nc54)c3)nc(-c3cccnc3)nc21. The lowest BCUT2D eigenvalue weighted by molar-refractivity contribution is 0.229. The van der Waals surface area contributed by atoms with E-state index in [1.165, 1.54) is 0 Å². The number of imidazole rings is 2. The van der Waals surface area contributed by atoms with Gasteiger partial charge in [0.15, 0.2) is 34.6 Å². The van der Waals surface area contributed by atoms with Crippen molar-refractivity contribution in [2.24, 2.45) is 5.14 Å². The molecule has 0 radical (unpaired) electrons. The summed E-state index contributed by atoms with van der Waals surface area (Å²) in [4.78, 5) is 37.1. The summed E-state index contributed by atoms with van der Waals surface area (Å²) in [6, 6.07) is 19.0. The zero-order valence-corrected chi connectivity index (χ0v) is 34.1. The molecule has 1 atom stereocenters. The normalized spacial score (nSPS) is 12.3. The Bertz CT molecular complexity index is 2890. The Hall–Kier alpha value is -7.09. The van der Waals surface area contributed by atoms with E-state index in [1.807, 2.05) is 41.0 Å². The van der Waals surface area contributed by atoms with Gasteiger partial charge in [0.25, 0.3) is 0 Å². The zero-order valence-electron chi connectivity index (χ0n) is 33.3. The van der Waals surface area contributed by atoms with E-state index >= 15 is 0 Å². The fraction of sp³-hybridized carbons (Fsp3) is 0.238. The molecule has 2 aromatic carbocycles. The minimum Gasteiger partial charge on any atom is -0.508 e. The Labute approximate surface area is 350 Å². The van der Waals surface area contributed by atoms with Crippen molar-refractivity contribution in [3.63, 3.8) is 0 Å². The van der Waals surface area contributed by atoms with Gasteiger partial charge in [-0.3, -0.25) is 9.97 Å². The molecule has 0 saturated carbocycles. The summed E-state index contributed by atoms with van der Waals surface area (Å²) in [5, 5.41) is 32.8. The molecule has 0 aliphatic rings. The lowest BCUT2D eigenvalue weighted by Gasteiger charge is -2.19. The number of phenols is 1. The number of anilines is 2. The van der Waals surface area contributed by atoms with Crippen molar-refractivity contribution >= 4 is 44.3 Å². The van der Waals surface area contributed by atoms with Crippen molar-refractivity contribution in [2.45, 2.75) is 45.2 Å². The van der Waals surface area contributed by atoms with Crippen molar-refractivity contribution in [2.75, 3.05) is 30.3 Å². The summed E-state index contributed by atoms with van der Waals surface area (Å²) in [6.45, 7) is 4.71. The number of nitrogens with one attached hydrogen (secondary N) is 2. The van der Waals surface area contributed by atoms with Crippen LogP contribution in [-0.2, 0) is 29.6 Å². The highest BCUT2D eigenvalue weighted by atomic mass is 32.2. The van der Waals surface area contributed by atoms with E-state index in [0.29, 0.717) is 82.7 Å². The van der Waals surface area contributed by atoms with Crippen LogP contribution in [0.1, 0.15) is 42.6 Å². The summed E-state index contributed by atoms with van der Waals surface area (Å²) in [5.74, 6) is 2.17. The minimum absolute atomic E-state index is 0.0298. The van der Waals surface area contributed by atoms with Crippen molar-refractivity contribution < 1.29 is 22.8 Å². The van der Waals surface area contributed by atoms with E-state index in [9.17, 15) is 18.6 Å². The molecule has 1 unspecified atom stereocenters. The van der Waals surface area contributed by atoms with Crippen LogP contribution in [-0.4, -0.2) is 87.3 Å². The van der Waals surface area contributed by atoms with E-state index in [2.05, 4.69) is 44.4 Å². The van der Waals surface area contributed by atoms with E-state index in [1.54, 1.807) is 72.3 Å². The number of benzene rings is 2. The van der Waals surface area contributed by atoms with Crippen LogP contribution in [0.25, 0.3) is 45.1 Å². The van der Waals surface area contributed by atoms with Crippen LogP contribution in [0, 0.1) is 0 Å². The Morgan fingerprint density at radius 1 is 0.754 bits per heavy atom. The van der Waals surface area contributed by atoms with Gasteiger partial charge in [-0.1, -0.05) is 24.3 Å². The number of rotatable bonds is 17. The van der Waals surface area contributed by atoms with Gasteiger partial charge in [0, 0.05) is 55.0 Å². The molecule has 0 aliphatic carbocycles. The molecule has 0 bridgehead atoms. The highest BCUT2D eigenvalue weighted by Gasteiger charge is 2.23. The third-order valence-electron chi connectivity index (χ3n) is 9.98. The molecule has 6 N–H and O–H groups in total. The highest BCUT2D eigenvalue weighted by molar-refractivity contribution is 7.84. The van der Waals surface area contributed by atoms with Crippen molar-refractivity contribution in [3.05, 3.63) is 121 Å². The second-order valence-electron chi connectivity index (χ2n) is 14.6. The second kappa shape index (κ2) is 17.6. The minimum atomic E-state index is -4.39. The molecular formula is C42H43N13O5S. The third kappa shape index (κ3) is 9.38. The van der Waals surface area contributed by atoms with E-state index in [-0.39, 0.29) is 30.6 Å². The van der Waals surface area contributed by atoms with Crippen molar-refractivity contribution in [1.82, 2.24) is 49.0 Å². The van der Waals surface area contributed by atoms with Gasteiger partial charge < -0.3 is 34.2 Å². The number of phenolic OH excluding ortho intramolecular Hbond substituents is 1. The molecule has 0 amide bonds. The number of hydrogen-bond donors (Lipinski definition) is 5. The second-order valence-corrected chi connectivity index (χ2v) is 15.7. The molecule has 0 fully saturated rings. The summed E-state index contributed by atoms with van der Waals surface area (Å²) in [6.07, 6.45) is 11.3. The van der Waals surface area contributed by atoms with E-state index in [0.717, 1.165) is 16.7 Å². The lowest BCUT2D eigenvalue weighted by Crippen LogP contribution is -2.21. The number of aromatic hydroxyl groups is 1. The summed E-state index contributed by atoms with van der Waals surface area (Å²) >= 11 is 0. The first-order chi connectivity index (χ1) is 29.5. The van der Waals surface area contributed by atoms with Gasteiger partial charge in [-0.25, -0.2) is 29.9 Å². The summed E-state index contributed by atoms with van der Waals surface area (Å²) in [7, 11) is -4.39. The Balaban J connectivity index is 1.08. The van der Waals surface area contributed by atoms with Crippen LogP contribution in [0.3, 0.4) is 0 Å². The van der Waals surface area contributed by atoms with Crippen LogP contribution >= 0.6 is 0 Å². The van der Waals surface area contributed by atoms with Gasteiger partial charge in [0.2, 0.25) is 0 Å². The molecule has 19 heteroatoms. The van der Waals surface area contributed by atoms with Gasteiger partial charge in [-0.15, -0.1) is 0 Å². The van der Waals surface area contributed by atoms with Gasteiger partial charge in [0.05, 0.1) is 25.3 Å². The quantitative estimate of drug-likeness (QED) is 0.0806. The average molecular weight is 842 g/mol. The molecule has 6 heterocycles. The maximum absolute atomic E-state index is 12.2. The molecule has 8 rings (SSSR count). The molecule has 312 valence electrons. The number of fused-ring (bicyclic) bond motifs is 2. The van der Waals surface area contributed by atoms with Gasteiger partial charge in [0.1, 0.15) is 22.5 Å². The first kappa shape index (κ1) is 40.7. The summed E-state index contributed by atoms with van der Waals surface area (Å²) < 4.78 is 33.4. The van der Waals surface area contributed by atoms with Gasteiger partial charge in [-0.2, -0.15) is 13.6 Å². The number of pyridine rings is 2. The monoisotopic (exact) mass is 841 g/mol. The van der Waals surface area contributed by atoms with Gasteiger partial charge in [-0.05, 0) is 92.3 Å². The third-order valence-corrected chi connectivity index (χ3v) is 10.4. The fourth-order valence-corrected chi connectivity index (χ4v) is 7.36. The Morgan fingerprint density at radius 3 is 1.85 bits per heavy atom. The number of nitrogens with two attached hydrogens (primary N) is 1. The maximum Gasteiger partial charge on any atom is 0.380 e. The first-order valence-corrected chi connectivity index (χ1v) is 21.0. The highest BCUT2D eigenvalue weighted by Crippen LogP contribution is 2.31. The van der Waals surface area contributed by atoms with Crippen LogP contribution in [0.2, 0.25) is 0 Å². The molecule has 0 aliphatic heterocycles. The lowest BCUT2D eigenvalue weighted by atomic mass is 10.0. The number of hydrogen-bond acceptors (Lipinski definition) is 15. The Morgan fingerprint density at radius 2 is 1.31 bits per heavy atom. The van der Waals surface area contributed by atoms with Gasteiger partial charge >= 0.3 is 10.3 Å². The molecular weight excluding hydrogens is 799 g/mol. The number of aromatic nitrogens is 10. The first-order valence-electron chi connectivity index (χ1n) is 19.5. The number of nitrogens with zero attached hydrogens (tertiary/aromatic N) is 10. The molecule has 6 aromatic heterocycles. The zero-order chi connectivity index (χ0) is 42.5. The average Bonchev–Trinajstić information content (AvgIpc) is 3.90. The smallest absolute Gasteiger partial charge is 0.380 e. The largest absolute Gasteiger partial charge is 0.508 e. The molecule has 18 nitrogen and oxygen atoms in total. The van der Waals surface area contributed by atoms with E-state index < -0.39 is 16.3 Å². The number of aliphatic hydroxyl groups excluding tert-OH is 1. The predicted molar refractivity (Wildman–Crippen MR) is 230 cm³/mol. The Kier molecular flexibility index (Phi) is 11.8. The van der Waals surface area contributed by atoms with Crippen molar-refractivity contribution in [3.8, 4) is 34.3 Å². The molecule has 8 aromatic rings. The van der Waals surface area contributed by atoms with Crippen molar-refractivity contribution in [1.29, 1.82) is 0 Å². The predicted octanol–water partition coefficient (Wildman–Crippen LogP) is 5.04. The molecule has 61 heavy (non-hydrogen) atoms. The van der Waals surface area contributed by atoms with E-state index in [4.69, 9.17) is 29.3 Å².